The lowest BCUT2D eigenvalue weighted by Gasteiger charge is -2.22. The summed E-state index contributed by atoms with van der Waals surface area (Å²) in [6.45, 7) is 5.05. The number of unbranched alkanes of at least 4 members (excludes halogenated alkanes) is 9. The lowest BCUT2D eigenvalue weighted by molar-refractivity contribution is -0.131. The Balaban J connectivity index is 3.85. The molecule has 4 heteroatoms. The Kier molecular flexibility index (Phi) is 16.4. The van der Waals surface area contributed by atoms with Gasteiger partial charge in [-0.1, -0.05) is 71.1 Å². The van der Waals surface area contributed by atoms with E-state index in [0.29, 0.717) is 0 Å². The van der Waals surface area contributed by atoms with E-state index in [4.69, 9.17) is 0 Å². The highest BCUT2D eigenvalue weighted by atomic mass is 16.3. The van der Waals surface area contributed by atoms with Crippen LogP contribution in [0.2, 0.25) is 0 Å². The number of carbonyl (C=O) groups excluding carboxylic acids is 1. The van der Waals surface area contributed by atoms with Gasteiger partial charge in [0, 0.05) is 14.1 Å². The van der Waals surface area contributed by atoms with Gasteiger partial charge in [0.2, 0.25) is 5.91 Å². The van der Waals surface area contributed by atoms with Crippen LogP contribution in [0.3, 0.4) is 0 Å². The number of likely N-dealkylation sites (N-methyl/N-ethyl adjacent to an activating group) is 1. The van der Waals surface area contributed by atoms with Gasteiger partial charge in [-0.2, -0.15) is 0 Å². The summed E-state index contributed by atoms with van der Waals surface area (Å²) in [5.74, 6) is 0.208. The Bertz CT molecular complexity index is 306. The molecule has 0 aliphatic heterocycles. The summed E-state index contributed by atoms with van der Waals surface area (Å²) in [5.41, 5.74) is 0. The minimum Gasteiger partial charge on any atom is -0.393 e. The molecule has 2 N–H and O–H groups in total. The molecule has 0 radical (unpaired) electrons. The molecule has 0 aliphatic carbocycles. The number of aliphatic hydroxyl groups is 1. The average Bonchev–Trinajstić information content (AvgIpc) is 2.57. The van der Waals surface area contributed by atoms with Crippen LogP contribution in [-0.2, 0) is 4.79 Å². The molecule has 25 heavy (non-hydrogen) atoms. The predicted molar refractivity (Wildman–Crippen MR) is 108 cm³/mol. The number of carbonyl (C=O) groups is 1. The van der Waals surface area contributed by atoms with Crippen molar-refractivity contribution >= 4 is 5.91 Å². The number of nitrogens with one attached hydrogen (secondary N) is 1. The van der Waals surface area contributed by atoms with Gasteiger partial charge in [-0.3, -0.25) is 4.79 Å². The third kappa shape index (κ3) is 15.4. The largest absolute Gasteiger partial charge is 0.393 e. The molecule has 0 aromatic heterocycles. The second kappa shape index (κ2) is 16.8. The molecule has 0 aromatic rings. The van der Waals surface area contributed by atoms with Gasteiger partial charge in [-0.25, -0.2) is 0 Å². The van der Waals surface area contributed by atoms with Gasteiger partial charge in [-0.15, -0.1) is 0 Å². The molecular formula is C21H44N2O2. The Hall–Kier alpha value is -0.610. The van der Waals surface area contributed by atoms with Crippen molar-refractivity contribution in [3.8, 4) is 0 Å². The number of rotatable bonds is 17. The van der Waals surface area contributed by atoms with E-state index in [9.17, 15) is 9.90 Å². The quantitative estimate of drug-likeness (QED) is 0.377. The Morgan fingerprint density at radius 3 is 1.96 bits per heavy atom. The Morgan fingerprint density at radius 1 is 0.880 bits per heavy atom. The summed E-state index contributed by atoms with van der Waals surface area (Å²) >= 11 is 0. The third-order valence-corrected chi connectivity index (χ3v) is 4.77. The highest BCUT2D eigenvalue weighted by Crippen LogP contribution is 2.11. The maximum Gasteiger partial charge on any atom is 0.239 e. The maximum atomic E-state index is 12.3. The van der Waals surface area contributed by atoms with Crippen LogP contribution in [0.15, 0.2) is 0 Å². The molecule has 150 valence electrons. The van der Waals surface area contributed by atoms with Crippen molar-refractivity contribution in [2.24, 2.45) is 0 Å². The lowest BCUT2D eigenvalue weighted by Crippen LogP contribution is -2.44. The number of aliphatic hydroxyl groups excluding tert-OH is 1. The SMILES string of the molecule is CCCCCCCCNC(CCCCCCCC(C)O)C(=O)N(C)C. The van der Waals surface area contributed by atoms with Crippen molar-refractivity contribution in [2.75, 3.05) is 20.6 Å². The molecule has 1 amide bonds. The summed E-state index contributed by atoms with van der Waals surface area (Å²) in [4.78, 5) is 14.0. The van der Waals surface area contributed by atoms with E-state index >= 15 is 0 Å². The zero-order valence-electron chi connectivity index (χ0n) is 17.4. The van der Waals surface area contributed by atoms with Crippen LogP contribution in [0.5, 0.6) is 0 Å². The number of hydrogen-bond acceptors (Lipinski definition) is 3. The molecule has 2 atom stereocenters. The molecule has 2 unspecified atom stereocenters. The minimum atomic E-state index is -0.173. The van der Waals surface area contributed by atoms with Gasteiger partial charge >= 0.3 is 0 Å². The Morgan fingerprint density at radius 2 is 1.40 bits per heavy atom. The molecule has 0 bridgehead atoms. The topological polar surface area (TPSA) is 52.6 Å². The highest BCUT2D eigenvalue weighted by Gasteiger charge is 2.18. The van der Waals surface area contributed by atoms with Crippen molar-refractivity contribution in [1.82, 2.24) is 10.2 Å². The van der Waals surface area contributed by atoms with E-state index in [0.717, 1.165) is 32.2 Å². The fourth-order valence-electron chi connectivity index (χ4n) is 3.12. The summed E-state index contributed by atoms with van der Waals surface area (Å²) in [6.07, 6.45) is 15.1. The van der Waals surface area contributed by atoms with Crippen LogP contribution < -0.4 is 5.32 Å². The minimum absolute atomic E-state index is 0.0249. The van der Waals surface area contributed by atoms with Crippen LogP contribution in [0.25, 0.3) is 0 Å². The van der Waals surface area contributed by atoms with E-state index < -0.39 is 0 Å². The van der Waals surface area contributed by atoms with E-state index in [1.54, 1.807) is 4.90 Å². The number of amides is 1. The Labute approximate surface area is 156 Å². The van der Waals surface area contributed by atoms with Crippen LogP contribution in [0, 0.1) is 0 Å². The summed E-state index contributed by atoms with van der Waals surface area (Å²) in [7, 11) is 3.69. The zero-order valence-corrected chi connectivity index (χ0v) is 17.4. The zero-order chi connectivity index (χ0) is 18.9. The van der Waals surface area contributed by atoms with Crippen molar-refractivity contribution in [3.05, 3.63) is 0 Å². The van der Waals surface area contributed by atoms with E-state index in [-0.39, 0.29) is 18.1 Å². The second-order valence-electron chi connectivity index (χ2n) is 7.70. The van der Waals surface area contributed by atoms with E-state index in [1.165, 1.54) is 57.8 Å². The van der Waals surface area contributed by atoms with Crippen LogP contribution in [-0.4, -0.2) is 48.7 Å². The number of nitrogens with zero attached hydrogens (tertiary/aromatic N) is 1. The normalized spacial score (nSPS) is 13.6. The van der Waals surface area contributed by atoms with Crippen molar-refractivity contribution in [1.29, 1.82) is 0 Å². The average molecular weight is 357 g/mol. The maximum absolute atomic E-state index is 12.3. The first-order valence-electron chi connectivity index (χ1n) is 10.6. The molecule has 0 fully saturated rings. The molecule has 0 saturated carbocycles. The summed E-state index contributed by atoms with van der Waals surface area (Å²) in [5, 5.41) is 12.7. The standard InChI is InChI=1S/C21H44N2O2/c1-5-6-7-8-12-15-18-22-20(21(25)23(3)4)17-14-11-9-10-13-16-19(2)24/h19-20,22,24H,5-18H2,1-4H3. The smallest absolute Gasteiger partial charge is 0.239 e. The second-order valence-corrected chi connectivity index (χ2v) is 7.70. The van der Waals surface area contributed by atoms with Crippen molar-refractivity contribution < 1.29 is 9.90 Å². The molecule has 0 aromatic carbocycles. The van der Waals surface area contributed by atoms with Gasteiger partial charge in [0.15, 0.2) is 0 Å². The van der Waals surface area contributed by atoms with E-state index in [2.05, 4.69) is 12.2 Å². The molecule has 0 saturated heterocycles. The third-order valence-electron chi connectivity index (χ3n) is 4.77. The van der Waals surface area contributed by atoms with Gasteiger partial charge in [0.25, 0.3) is 0 Å². The highest BCUT2D eigenvalue weighted by molar-refractivity contribution is 5.81. The summed E-state index contributed by atoms with van der Waals surface area (Å²) in [6, 6.07) is -0.0249. The molecule has 0 rings (SSSR count). The molecule has 4 nitrogen and oxygen atoms in total. The van der Waals surface area contributed by atoms with Crippen LogP contribution in [0.4, 0.5) is 0 Å². The van der Waals surface area contributed by atoms with Gasteiger partial charge < -0.3 is 15.3 Å². The predicted octanol–water partition coefficient (Wildman–Crippen LogP) is 4.50. The molecule has 0 spiro atoms. The van der Waals surface area contributed by atoms with Crippen LogP contribution in [0.1, 0.15) is 97.3 Å². The van der Waals surface area contributed by atoms with Crippen molar-refractivity contribution in [2.45, 2.75) is 109 Å². The van der Waals surface area contributed by atoms with Gasteiger partial charge in [0.1, 0.15) is 0 Å². The van der Waals surface area contributed by atoms with Gasteiger partial charge in [0.05, 0.1) is 12.1 Å². The fourth-order valence-corrected chi connectivity index (χ4v) is 3.12. The monoisotopic (exact) mass is 356 g/mol. The van der Waals surface area contributed by atoms with Crippen LogP contribution >= 0.6 is 0 Å². The molecular weight excluding hydrogens is 312 g/mol. The fraction of sp³-hybridized carbons (Fsp3) is 0.952. The molecule has 0 aliphatic rings. The van der Waals surface area contributed by atoms with Gasteiger partial charge in [-0.05, 0) is 32.7 Å². The first-order chi connectivity index (χ1) is 12.0. The first-order valence-corrected chi connectivity index (χ1v) is 10.6. The first kappa shape index (κ1) is 24.4. The summed E-state index contributed by atoms with van der Waals surface area (Å²) < 4.78 is 0. The lowest BCUT2D eigenvalue weighted by atomic mass is 10.0. The molecule has 0 heterocycles. The van der Waals surface area contributed by atoms with Crippen molar-refractivity contribution in [3.63, 3.8) is 0 Å². The van der Waals surface area contributed by atoms with E-state index in [1.807, 2.05) is 21.0 Å². The number of hydrogen-bond donors (Lipinski definition) is 2.